The SMILES string of the molecule is COc1ccc2c(CC(=O)Nc3cccc(N4CCCC4=O)c3)coc2c1. The molecule has 138 valence electrons. The van der Waals surface area contributed by atoms with Crippen LogP contribution in [-0.4, -0.2) is 25.5 Å². The summed E-state index contributed by atoms with van der Waals surface area (Å²) in [6, 6.07) is 12.9. The minimum atomic E-state index is -0.140. The summed E-state index contributed by atoms with van der Waals surface area (Å²) in [5.41, 5.74) is 2.99. The van der Waals surface area contributed by atoms with Crippen LogP contribution in [0, 0.1) is 0 Å². The van der Waals surface area contributed by atoms with Gasteiger partial charge >= 0.3 is 0 Å². The third kappa shape index (κ3) is 3.51. The molecular formula is C21H20N2O4. The largest absolute Gasteiger partial charge is 0.497 e. The van der Waals surface area contributed by atoms with E-state index in [-0.39, 0.29) is 18.2 Å². The maximum Gasteiger partial charge on any atom is 0.228 e. The van der Waals surface area contributed by atoms with Crippen LogP contribution in [0.5, 0.6) is 5.75 Å². The molecule has 0 saturated carbocycles. The Balaban J connectivity index is 1.48. The van der Waals surface area contributed by atoms with E-state index in [0.717, 1.165) is 29.6 Å². The van der Waals surface area contributed by atoms with E-state index in [9.17, 15) is 9.59 Å². The Labute approximate surface area is 156 Å². The molecule has 0 aliphatic carbocycles. The predicted molar refractivity (Wildman–Crippen MR) is 103 cm³/mol. The van der Waals surface area contributed by atoms with E-state index in [1.165, 1.54) is 0 Å². The number of hydrogen-bond donors (Lipinski definition) is 1. The van der Waals surface area contributed by atoms with E-state index in [2.05, 4.69) is 5.32 Å². The summed E-state index contributed by atoms with van der Waals surface area (Å²) in [5, 5.41) is 3.79. The lowest BCUT2D eigenvalue weighted by Crippen LogP contribution is -2.23. The van der Waals surface area contributed by atoms with Crippen LogP contribution in [-0.2, 0) is 16.0 Å². The molecule has 2 amide bonds. The summed E-state index contributed by atoms with van der Waals surface area (Å²) in [7, 11) is 1.60. The molecule has 1 saturated heterocycles. The number of fused-ring (bicyclic) bond motifs is 1. The van der Waals surface area contributed by atoms with Crippen molar-refractivity contribution in [1.29, 1.82) is 0 Å². The molecule has 1 aromatic heterocycles. The highest BCUT2D eigenvalue weighted by Gasteiger charge is 2.21. The van der Waals surface area contributed by atoms with Gasteiger partial charge in [0, 0.05) is 41.4 Å². The number of nitrogens with zero attached hydrogens (tertiary/aromatic N) is 1. The van der Waals surface area contributed by atoms with Crippen LogP contribution in [0.3, 0.4) is 0 Å². The molecule has 3 aromatic rings. The summed E-state index contributed by atoms with van der Waals surface area (Å²) in [5.74, 6) is 0.693. The smallest absolute Gasteiger partial charge is 0.228 e. The number of hydrogen-bond acceptors (Lipinski definition) is 4. The van der Waals surface area contributed by atoms with Gasteiger partial charge in [-0.2, -0.15) is 0 Å². The van der Waals surface area contributed by atoms with Gasteiger partial charge in [0.1, 0.15) is 11.3 Å². The molecule has 6 heteroatoms. The minimum Gasteiger partial charge on any atom is -0.497 e. The van der Waals surface area contributed by atoms with Crippen molar-refractivity contribution >= 4 is 34.2 Å². The van der Waals surface area contributed by atoms with Gasteiger partial charge in [-0.15, -0.1) is 0 Å². The van der Waals surface area contributed by atoms with Crippen molar-refractivity contribution in [1.82, 2.24) is 0 Å². The van der Waals surface area contributed by atoms with Crippen LogP contribution >= 0.6 is 0 Å². The summed E-state index contributed by atoms with van der Waals surface area (Å²) in [6.07, 6.45) is 3.25. The van der Waals surface area contributed by atoms with Crippen LogP contribution < -0.4 is 15.0 Å². The standard InChI is InChI=1S/C21H20N2O4/c1-26-17-7-8-18-14(13-27-19(18)12-17)10-20(24)22-15-4-2-5-16(11-15)23-9-3-6-21(23)25/h2,4-5,7-8,11-13H,3,6,9-10H2,1H3,(H,22,24). The van der Waals surface area contributed by atoms with Crippen LogP contribution in [0.15, 0.2) is 53.1 Å². The zero-order chi connectivity index (χ0) is 18.8. The predicted octanol–water partition coefficient (Wildman–Crippen LogP) is 3.75. The third-order valence-corrected chi connectivity index (χ3v) is 4.73. The Morgan fingerprint density at radius 1 is 1.26 bits per heavy atom. The highest BCUT2D eigenvalue weighted by Crippen LogP contribution is 2.27. The Bertz CT molecular complexity index is 1010. The lowest BCUT2D eigenvalue weighted by Gasteiger charge is -2.16. The maximum atomic E-state index is 12.5. The molecule has 0 radical (unpaired) electrons. The molecule has 2 aromatic carbocycles. The molecular weight excluding hydrogens is 344 g/mol. The second kappa shape index (κ2) is 7.15. The quantitative estimate of drug-likeness (QED) is 0.748. The van der Waals surface area contributed by atoms with Gasteiger partial charge in [-0.25, -0.2) is 0 Å². The first kappa shape index (κ1) is 17.1. The van der Waals surface area contributed by atoms with E-state index in [1.807, 2.05) is 36.4 Å². The fourth-order valence-corrected chi connectivity index (χ4v) is 3.38. The Morgan fingerprint density at radius 2 is 2.15 bits per heavy atom. The number of benzene rings is 2. The maximum absolute atomic E-state index is 12.5. The number of methoxy groups -OCH3 is 1. The summed E-state index contributed by atoms with van der Waals surface area (Å²) in [6.45, 7) is 0.723. The van der Waals surface area contributed by atoms with Crippen molar-refractivity contribution in [3.8, 4) is 5.75 Å². The summed E-state index contributed by atoms with van der Waals surface area (Å²) < 4.78 is 10.7. The van der Waals surface area contributed by atoms with E-state index in [0.29, 0.717) is 23.4 Å². The Morgan fingerprint density at radius 3 is 2.93 bits per heavy atom. The van der Waals surface area contributed by atoms with Crippen molar-refractivity contribution in [2.45, 2.75) is 19.3 Å². The molecule has 6 nitrogen and oxygen atoms in total. The van der Waals surface area contributed by atoms with Crippen LogP contribution in [0.4, 0.5) is 11.4 Å². The topological polar surface area (TPSA) is 71.8 Å². The molecule has 4 rings (SSSR count). The zero-order valence-electron chi connectivity index (χ0n) is 15.0. The number of rotatable bonds is 5. The lowest BCUT2D eigenvalue weighted by atomic mass is 10.1. The summed E-state index contributed by atoms with van der Waals surface area (Å²) in [4.78, 5) is 26.2. The van der Waals surface area contributed by atoms with Crippen LogP contribution in [0.1, 0.15) is 18.4 Å². The van der Waals surface area contributed by atoms with Crippen LogP contribution in [0.2, 0.25) is 0 Å². The zero-order valence-corrected chi connectivity index (χ0v) is 15.0. The normalized spacial score (nSPS) is 14.0. The van der Waals surface area contributed by atoms with Crippen molar-refractivity contribution in [3.05, 3.63) is 54.3 Å². The first-order valence-corrected chi connectivity index (χ1v) is 8.88. The number of nitrogens with one attached hydrogen (secondary N) is 1. The highest BCUT2D eigenvalue weighted by molar-refractivity contribution is 5.98. The first-order chi connectivity index (χ1) is 13.1. The minimum absolute atomic E-state index is 0.124. The van der Waals surface area contributed by atoms with E-state index in [4.69, 9.17) is 9.15 Å². The average Bonchev–Trinajstić information content (AvgIpc) is 3.27. The number of carbonyl (C=O) groups is 2. The number of carbonyl (C=O) groups excluding carboxylic acids is 2. The van der Waals surface area contributed by atoms with Gasteiger partial charge in [-0.1, -0.05) is 6.07 Å². The molecule has 27 heavy (non-hydrogen) atoms. The first-order valence-electron chi connectivity index (χ1n) is 8.88. The Kier molecular flexibility index (Phi) is 4.54. The third-order valence-electron chi connectivity index (χ3n) is 4.73. The number of amides is 2. The fraction of sp³-hybridized carbons (Fsp3) is 0.238. The molecule has 1 aliphatic rings. The average molecular weight is 364 g/mol. The van der Waals surface area contributed by atoms with Crippen molar-refractivity contribution < 1.29 is 18.7 Å². The molecule has 0 bridgehead atoms. The molecule has 0 unspecified atom stereocenters. The van der Waals surface area contributed by atoms with Gasteiger partial charge in [0.25, 0.3) is 0 Å². The van der Waals surface area contributed by atoms with Gasteiger partial charge in [-0.3, -0.25) is 9.59 Å². The van der Waals surface area contributed by atoms with Gasteiger partial charge in [0.05, 0.1) is 19.8 Å². The van der Waals surface area contributed by atoms with E-state index >= 15 is 0 Å². The Hall–Kier alpha value is -3.28. The molecule has 2 heterocycles. The molecule has 1 aliphatic heterocycles. The second-order valence-electron chi connectivity index (χ2n) is 6.55. The van der Waals surface area contributed by atoms with Crippen molar-refractivity contribution in [2.75, 3.05) is 23.9 Å². The van der Waals surface area contributed by atoms with E-state index in [1.54, 1.807) is 24.3 Å². The molecule has 1 fully saturated rings. The van der Waals surface area contributed by atoms with E-state index < -0.39 is 0 Å². The van der Waals surface area contributed by atoms with Gasteiger partial charge in [0.15, 0.2) is 0 Å². The molecule has 0 spiro atoms. The van der Waals surface area contributed by atoms with Gasteiger partial charge in [0.2, 0.25) is 11.8 Å². The number of furan rings is 1. The second-order valence-corrected chi connectivity index (χ2v) is 6.55. The monoisotopic (exact) mass is 364 g/mol. The number of anilines is 2. The highest BCUT2D eigenvalue weighted by atomic mass is 16.5. The molecule has 1 N–H and O–H groups in total. The number of ether oxygens (including phenoxy) is 1. The van der Waals surface area contributed by atoms with Crippen LogP contribution in [0.25, 0.3) is 11.0 Å². The van der Waals surface area contributed by atoms with Gasteiger partial charge in [-0.05, 0) is 36.8 Å². The lowest BCUT2D eigenvalue weighted by molar-refractivity contribution is -0.117. The van der Waals surface area contributed by atoms with Crippen molar-refractivity contribution in [2.24, 2.45) is 0 Å². The summed E-state index contributed by atoms with van der Waals surface area (Å²) >= 11 is 0. The molecule has 0 atom stereocenters. The fourth-order valence-electron chi connectivity index (χ4n) is 3.38. The van der Waals surface area contributed by atoms with Crippen molar-refractivity contribution in [3.63, 3.8) is 0 Å². The van der Waals surface area contributed by atoms with Gasteiger partial charge < -0.3 is 19.4 Å².